The standard InChI is InChI=1S/C11H13FNO3P/c1-3-15-17(14,16-4-2)11-6-5-9(8-13)7-10(11)12/h5-7H,3-4H2,1-2H3. The maximum Gasteiger partial charge on any atom is 0.364 e. The summed E-state index contributed by atoms with van der Waals surface area (Å²) in [6.45, 7) is 3.59. The van der Waals surface area contributed by atoms with Gasteiger partial charge in [0.1, 0.15) is 5.82 Å². The molecule has 1 aromatic rings. The molecule has 92 valence electrons. The highest BCUT2D eigenvalue weighted by Crippen LogP contribution is 2.47. The van der Waals surface area contributed by atoms with Gasteiger partial charge in [0.05, 0.1) is 30.2 Å². The van der Waals surface area contributed by atoms with E-state index in [0.29, 0.717) is 0 Å². The zero-order valence-electron chi connectivity index (χ0n) is 9.64. The number of benzene rings is 1. The molecule has 4 nitrogen and oxygen atoms in total. The van der Waals surface area contributed by atoms with Crippen molar-refractivity contribution < 1.29 is 18.0 Å². The fourth-order valence-electron chi connectivity index (χ4n) is 1.31. The van der Waals surface area contributed by atoms with Crippen LogP contribution in [0.2, 0.25) is 0 Å². The van der Waals surface area contributed by atoms with E-state index in [0.717, 1.165) is 6.07 Å². The topological polar surface area (TPSA) is 59.3 Å². The Kier molecular flexibility index (Phi) is 4.83. The first kappa shape index (κ1) is 13.9. The molecule has 1 aromatic carbocycles. The van der Waals surface area contributed by atoms with Gasteiger partial charge in [-0.3, -0.25) is 4.57 Å². The molecule has 0 atom stereocenters. The highest BCUT2D eigenvalue weighted by molar-refractivity contribution is 7.62. The molecule has 1 rings (SSSR count). The van der Waals surface area contributed by atoms with Gasteiger partial charge >= 0.3 is 7.60 Å². The third-order valence-corrected chi connectivity index (χ3v) is 4.12. The molecule has 0 fully saturated rings. The molecule has 0 N–H and O–H groups in total. The number of nitrogens with zero attached hydrogens (tertiary/aromatic N) is 1. The lowest BCUT2D eigenvalue weighted by atomic mass is 10.2. The van der Waals surface area contributed by atoms with Crippen molar-refractivity contribution in [2.24, 2.45) is 0 Å². The average Bonchev–Trinajstić information content (AvgIpc) is 2.29. The second kappa shape index (κ2) is 5.92. The molecule has 0 unspecified atom stereocenters. The molecular weight excluding hydrogens is 244 g/mol. The van der Waals surface area contributed by atoms with Gasteiger partial charge < -0.3 is 9.05 Å². The Bertz CT molecular complexity index is 474. The maximum atomic E-state index is 13.7. The lowest BCUT2D eigenvalue weighted by Crippen LogP contribution is -2.14. The molecule has 0 aliphatic carbocycles. The number of halogens is 1. The normalized spacial score (nSPS) is 11.2. The molecular formula is C11H13FNO3P. The third-order valence-electron chi connectivity index (χ3n) is 1.97. The fraction of sp³-hybridized carbons (Fsp3) is 0.364. The Morgan fingerprint density at radius 2 is 1.94 bits per heavy atom. The van der Waals surface area contributed by atoms with E-state index in [2.05, 4.69) is 0 Å². The van der Waals surface area contributed by atoms with E-state index in [1.807, 2.05) is 0 Å². The minimum atomic E-state index is -3.62. The summed E-state index contributed by atoms with van der Waals surface area (Å²) in [5.41, 5.74) is 0.158. The number of rotatable bonds is 5. The summed E-state index contributed by atoms with van der Waals surface area (Å²) >= 11 is 0. The quantitative estimate of drug-likeness (QED) is 0.761. The van der Waals surface area contributed by atoms with Crippen molar-refractivity contribution in [3.8, 4) is 6.07 Å². The Morgan fingerprint density at radius 3 is 2.35 bits per heavy atom. The molecule has 0 heterocycles. The van der Waals surface area contributed by atoms with Crippen molar-refractivity contribution in [3.05, 3.63) is 29.6 Å². The van der Waals surface area contributed by atoms with Crippen LogP contribution in [0.1, 0.15) is 19.4 Å². The highest BCUT2D eigenvalue weighted by Gasteiger charge is 2.30. The van der Waals surface area contributed by atoms with Crippen molar-refractivity contribution >= 4 is 12.9 Å². The fourth-order valence-corrected chi connectivity index (χ4v) is 2.93. The Morgan fingerprint density at radius 1 is 1.35 bits per heavy atom. The van der Waals surface area contributed by atoms with Gasteiger partial charge in [0, 0.05) is 0 Å². The second-order valence-corrected chi connectivity index (χ2v) is 5.10. The minimum Gasteiger partial charge on any atom is -0.305 e. The Balaban J connectivity index is 3.20. The van der Waals surface area contributed by atoms with Crippen molar-refractivity contribution in [2.45, 2.75) is 13.8 Å². The summed E-state index contributed by atoms with van der Waals surface area (Å²) in [5.74, 6) is -0.755. The van der Waals surface area contributed by atoms with Crippen LogP contribution < -0.4 is 5.30 Å². The van der Waals surface area contributed by atoms with Crippen molar-refractivity contribution in [3.63, 3.8) is 0 Å². The van der Waals surface area contributed by atoms with E-state index in [-0.39, 0.29) is 24.1 Å². The molecule has 0 radical (unpaired) electrons. The molecule has 0 aliphatic heterocycles. The predicted molar refractivity (Wildman–Crippen MR) is 61.6 cm³/mol. The van der Waals surface area contributed by atoms with Gasteiger partial charge in [-0.2, -0.15) is 5.26 Å². The lowest BCUT2D eigenvalue weighted by Gasteiger charge is -2.17. The molecule has 0 spiro atoms. The van der Waals surface area contributed by atoms with Gasteiger partial charge in [-0.05, 0) is 32.0 Å². The van der Waals surface area contributed by atoms with Gasteiger partial charge in [0.15, 0.2) is 0 Å². The highest BCUT2D eigenvalue weighted by atomic mass is 31.2. The molecule has 0 amide bonds. The summed E-state index contributed by atoms with van der Waals surface area (Å²) in [6.07, 6.45) is 0. The van der Waals surface area contributed by atoms with Crippen LogP contribution in [0.15, 0.2) is 18.2 Å². The van der Waals surface area contributed by atoms with Gasteiger partial charge in [-0.25, -0.2) is 4.39 Å². The monoisotopic (exact) mass is 257 g/mol. The van der Waals surface area contributed by atoms with E-state index in [1.165, 1.54) is 12.1 Å². The smallest absolute Gasteiger partial charge is 0.305 e. The van der Waals surface area contributed by atoms with E-state index >= 15 is 0 Å². The van der Waals surface area contributed by atoms with Crippen LogP contribution in [0.5, 0.6) is 0 Å². The van der Waals surface area contributed by atoms with Crippen LogP contribution in [0.25, 0.3) is 0 Å². The summed E-state index contributed by atoms with van der Waals surface area (Å²) < 4.78 is 36.0. The SMILES string of the molecule is CCOP(=O)(OCC)c1ccc(C#N)cc1F. The van der Waals surface area contributed by atoms with Crippen molar-refractivity contribution in [1.82, 2.24) is 0 Å². The van der Waals surface area contributed by atoms with Crippen LogP contribution in [0.3, 0.4) is 0 Å². The van der Waals surface area contributed by atoms with E-state index < -0.39 is 13.4 Å². The van der Waals surface area contributed by atoms with Crippen LogP contribution >= 0.6 is 7.60 Å². The summed E-state index contributed by atoms with van der Waals surface area (Å²) in [5, 5.41) is 8.48. The summed E-state index contributed by atoms with van der Waals surface area (Å²) in [4.78, 5) is 0. The molecule has 0 aromatic heterocycles. The van der Waals surface area contributed by atoms with E-state index in [9.17, 15) is 8.96 Å². The summed E-state index contributed by atoms with van der Waals surface area (Å²) in [7, 11) is -3.62. The third kappa shape index (κ3) is 3.13. The first-order chi connectivity index (χ1) is 8.07. The number of nitriles is 1. The number of hydrogen-bond donors (Lipinski definition) is 0. The minimum absolute atomic E-state index is 0.139. The average molecular weight is 257 g/mol. The van der Waals surface area contributed by atoms with Gasteiger partial charge in [-0.15, -0.1) is 0 Å². The van der Waals surface area contributed by atoms with Gasteiger partial charge in [0.25, 0.3) is 0 Å². The van der Waals surface area contributed by atoms with Crippen LogP contribution in [-0.2, 0) is 13.6 Å². The largest absolute Gasteiger partial charge is 0.364 e. The second-order valence-electron chi connectivity index (χ2n) is 3.11. The lowest BCUT2D eigenvalue weighted by molar-refractivity contribution is 0.229. The Labute approximate surface area is 99.5 Å². The van der Waals surface area contributed by atoms with Crippen LogP contribution in [0, 0.1) is 17.1 Å². The first-order valence-corrected chi connectivity index (χ1v) is 6.71. The molecule has 0 aliphatic rings. The zero-order valence-corrected chi connectivity index (χ0v) is 10.5. The molecule has 6 heteroatoms. The van der Waals surface area contributed by atoms with E-state index in [4.69, 9.17) is 14.3 Å². The van der Waals surface area contributed by atoms with Crippen molar-refractivity contribution in [2.75, 3.05) is 13.2 Å². The number of hydrogen-bond acceptors (Lipinski definition) is 4. The molecule has 17 heavy (non-hydrogen) atoms. The van der Waals surface area contributed by atoms with Crippen LogP contribution in [-0.4, -0.2) is 13.2 Å². The molecule has 0 saturated heterocycles. The Hall–Kier alpha value is -1.21. The summed E-state index contributed by atoms with van der Waals surface area (Å²) in [6, 6.07) is 5.45. The van der Waals surface area contributed by atoms with Gasteiger partial charge in [0.2, 0.25) is 0 Å². The van der Waals surface area contributed by atoms with Gasteiger partial charge in [-0.1, -0.05) is 0 Å². The maximum absolute atomic E-state index is 13.7. The van der Waals surface area contributed by atoms with Crippen LogP contribution in [0.4, 0.5) is 4.39 Å². The zero-order chi connectivity index (χ0) is 12.9. The van der Waals surface area contributed by atoms with E-state index in [1.54, 1.807) is 19.9 Å². The predicted octanol–water partition coefficient (Wildman–Crippen LogP) is 2.59. The molecule has 0 bridgehead atoms. The molecule has 0 saturated carbocycles. The first-order valence-electron chi connectivity index (χ1n) is 5.16. The van der Waals surface area contributed by atoms with Crippen molar-refractivity contribution in [1.29, 1.82) is 5.26 Å².